The van der Waals surface area contributed by atoms with Crippen LogP contribution in [0.5, 0.6) is 5.75 Å². The summed E-state index contributed by atoms with van der Waals surface area (Å²) in [4.78, 5) is 12.4. The molecular weight excluding hydrogens is 397 g/mol. The lowest BCUT2D eigenvalue weighted by Gasteiger charge is -2.08. The van der Waals surface area contributed by atoms with E-state index in [1.54, 1.807) is 24.3 Å². The van der Waals surface area contributed by atoms with E-state index in [0.29, 0.717) is 10.6 Å². The number of nitrogens with zero attached hydrogens (tertiary/aromatic N) is 2. The molecule has 0 atom stereocenters. The molecule has 9 heteroatoms. The largest absolute Gasteiger partial charge is 0.493 e. The molecular formula is C19H14ClF3N2O3. The van der Waals surface area contributed by atoms with E-state index in [-0.39, 0.29) is 23.7 Å². The molecule has 0 fully saturated rings. The van der Waals surface area contributed by atoms with Crippen LogP contribution in [-0.2, 0) is 17.5 Å². The van der Waals surface area contributed by atoms with E-state index in [0.717, 1.165) is 16.8 Å². The summed E-state index contributed by atoms with van der Waals surface area (Å²) in [6.07, 6.45) is -3.18. The second kappa shape index (κ2) is 7.93. The second-order valence-electron chi connectivity index (χ2n) is 5.74. The molecule has 3 aromatic rings. The number of benzene rings is 2. The summed E-state index contributed by atoms with van der Waals surface area (Å²) < 4.78 is 50.2. The van der Waals surface area contributed by atoms with Crippen molar-refractivity contribution in [1.29, 1.82) is 0 Å². The van der Waals surface area contributed by atoms with Crippen molar-refractivity contribution in [2.45, 2.75) is 12.8 Å². The van der Waals surface area contributed by atoms with Crippen LogP contribution in [0.4, 0.5) is 13.2 Å². The van der Waals surface area contributed by atoms with Crippen LogP contribution in [0.2, 0.25) is 5.02 Å². The molecule has 0 unspecified atom stereocenters. The van der Waals surface area contributed by atoms with Gasteiger partial charge in [-0.25, -0.2) is 9.48 Å². The summed E-state index contributed by atoms with van der Waals surface area (Å²) >= 11 is 5.80. The minimum absolute atomic E-state index is 0.0183. The van der Waals surface area contributed by atoms with Gasteiger partial charge in [0, 0.05) is 5.02 Å². The van der Waals surface area contributed by atoms with Gasteiger partial charge in [-0.1, -0.05) is 29.8 Å². The Morgan fingerprint density at radius 3 is 2.54 bits per heavy atom. The predicted octanol–water partition coefficient (Wildman–Crippen LogP) is 4.91. The molecule has 0 spiro atoms. The van der Waals surface area contributed by atoms with Crippen LogP contribution in [0.25, 0.3) is 5.69 Å². The van der Waals surface area contributed by atoms with Crippen LogP contribution in [-0.4, -0.2) is 22.9 Å². The van der Waals surface area contributed by atoms with Gasteiger partial charge in [-0.15, -0.1) is 0 Å². The highest BCUT2D eigenvalue weighted by Crippen LogP contribution is 2.31. The Morgan fingerprint density at radius 2 is 1.89 bits per heavy atom. The van der Waals surface area contributed by atoms with Crippen LogP contribution < -0.4 is 4.74 Å². The number of alkyl halides is 3. The van der Waals surface area contributed by atoms with Crippen LogP contribution in [0.15, 0.2) is 54.7 Å². The number of rotatable bonds is 5. The molecule has 3 rings (SSSR count). The highest BCUT2D eigenvalue weighted by molar-refractivity contribution is 6.30. The normalized spacial score (nSPS) is 11.3. The molecule has 1 aromatic heterocycles. The number of hydrogen-bond acceptors (Lipinski definition) is 4. The fraction of sp³-hybridized carbons (Fsp3) is 0.158. The van der Waals surface area contributed by atoms with E-state index in [1.165, 1.54) is 25.4 Å². The number of methoxy groups -OCH3 is 1. The van der Waals surface area contributed by atoms with Gasteiger partial charge >= 0.3 is 12.1 Å². The summed E-state index contributed by atoms with van der Waals surface area (Å²) in [5.74, 6) is -0.684. The molecule has 2 aromatic carbocycles. The third-order valence-electron chi connectivity index (χ3n) is 3.82. The average Bonchev–Trinajstić information content (AvgIpc) is 3.11. The van der Waals surface area contributed by atoms with Crippen molar-refractivity contribution in [3.63, 3.8) is 0 Å². The van der Waals surface area contributed by atoms with Crippen molar-refractivity contribution in [3.05, 3.63) is 76.6 Å². The fourth-order valence-electron chi connectivity index (χ4n) is 2.40. The second-order valence-corrected chi connectivity index (χ2v) is 6.18. The molecule has 0 aliphatic heterocycles. The van der Waals surface area contributed by atoms with Crippen molar-refractivity contribution in [1.82, 2.24) is 9.78 Å². The Kier molecular flexibility index (Phi) is 5.60. The minimum Gasteiger partial charge on any atom is -0.493 e. The Labute approximate surface area is 163 Å². The molecule has 0 saturated heterocycles. The van der Waals surface area contributed by atoms with Gasteiger partial charge in [0.15, 0.2) is 5.75 Å². The van der Waals surface area contributed by atoms with Crippen LogP contribution in [0, 0.1) is 0 Å². The Bertz CT molecular complexity index is 985. The van der Waals surface area contributed by atoms with Gasteiger partial charge in [-0.05, 0) is 35.9 Å². The van der Waals surface area contributed by atoms with Gasteiger partial charge in [0.2, 0.25) is 5.69 Å². The summed E-state index contributed by atoms with van der Waals surface area (Å²) in [7, 11) is 1.32. The number of halogens is 4. The smallest absolute Gasteiger partial charge is 0.416 e. The fourth-order valence-corrected chi connectivity index (χ4v) is 2.53. The van der Waals surface area contributed by atoms with E-state index >= 15 is 0 Å². The third-order valence-corrected chi connectivity index (χ3v) is 4.07. The maximum absolute atomic E-state index is 12.9. The number of carbonyl (C=O) groups excluding carboxylic acids is 1. The molecule has 0 amide bonds. The predicted molar refractivity (Wildman–Crippen MR) is 95.7 cm³/mol. The first-order valence-electron chi connectivity index (χ1n) is 8.01. The monoisotopic (exact) mass is 410 g/mol. The Morgan fingerprint density at radius 1 is 1.18 bits per heavy atom. The number of esters is 1. The summed E-state index contributed by atoms with van der Waals surface area (Å²) in [6.45, 7) is -0.0183. The molecule has 0 N–H and O–H groups in total. The summed E-state index contributed by atoms with van der Waals surface area (Å²) in [5.41, 5.74) is -0.126. The third kappa shape index (κ3) is 4.45. The maximum Gasteiger partial charge on any atom is 0.416 e. The maximum atomic E-state index is 12.9. The van der Waals surface area contributed by atoms with Crippen molar-refractivity contribution in [2.24, 2.45) is 0 Å². The van der Waals surface area contributed by atoms with Crippen molar-refractivity contribution >= 4 is 17.6 Å². The number of ether oxygens (including phenoxy) is 2. The lowest BCUT2D eigenvalue weighted by atomic mass is 10.2. The van der Waals surface area contributed by atoms with E-state index in [9.17, 15) is 18.0 Å². The first kappa shape index (κ1) is 19.8. The quantitative estimate of drug-likeness (QED) is 0.561. The van der Waals surface area contributed by atoms with Gasteiger partial charge in [-0.3, -0.25) is 0 Å². The van der Waals surface area contributed by atoms with Crippen LogP contribution in [0.3, 0.4) is 0 Å². The van der Waals surface area contributed by atoms with E-state index in [2.05, 4.69) is 5.10 Å². The topological polar surface area (TPSA) is 53.4 Å². The van der Waals surface area contributed by atoms with Gasteiger partial charge < -0.3 is 9.47 Å². The molecule has 146 valence electrons. The number of carbonyl (C=O) groups is 1. The van der Waals surface area contributed by atoms with Crippen LogP contribution in [0.1, 0.15) is 21.6 Å². The van der Waals surface area contributed by atoms with Crippen molar-refractivity contribution in [2.75, 3.05) is 7.11 Å². The van der Waals surface area contributed by atoms with E-state index < -0.39 is 17.7 Å². The Balaban J connectivity index is 1.82. The lowest BCUT2D eigenvalue weighted by molar-refractivity contribution is -0.137. The van der Waals surface area contributed by atoms with Gasteiger partial charge in [0.05, 0.1) is 24.6 Å². The van der Waals surface area contributed by atoms with Crippen molar-refractivity contribution in [3.8, 4) is 11.4 Å². The molecule has 0 saturated carbocycles. The number of aromatic nitrogens is 2. The molecule has 1 heterocycles. The van der Waals surface area contributed by atoms with Gasteiger partial charge in [0.25, 0.3) is 0 Å². The Hall–Kier alpha value is -3.00. The van der Waals surface area contributed by atoms with Crippen LogP contribution >= 0.6 is 11.6 Å². The van der Waals surface area contributed by atoms with E-state index in [4.69, 9.17) is 21.1 Å². The molecule has 5 nitrogen and oxygen atoms in total. The summed E-state index contributed by atoms with van der Waals surface area (Å²) in [5, 5.41) is 4.58. The molecule has 28 heavy (non-hydrogen) atoms. The minimum atomic E-state index is -4.49. The average molecular weight is 411 g/mol. The number of hydrogen-bond donors (Lipinski definition) is 0. The first-order valence-corrected chi connectivity index (χ1v) is 8.38. The zero-order valence-corrected chi connectivity index (χ0v) is 15.3. The zero-order valence-electron chi connectivity index (χ0n) is 14.5. The zero-order chi connectivity index (χ0) is 20.3. The molecule has 0 radical (unpaired) electrons. The van der Waals surface area contributed by atoms with Crippen molar-refractivity contribution < 1.29 is 27.4 Å². The standard InChI is InChI=1S/C19H14ClF3N2O3/c1-27-16-10-25(15-4-2-3-13(9-15)19(21,22)23)24-17(16)18(26)28-11-12-5-7-14(20)8-6-12/h2-10H,11H2,1H3. The van der Waals surface area contributed by atoms with Gasteiger partial charge in [-0.2, -0.15) is 18.3 Å². The van der Waals surface area contributed by atoms with E-state index in [1.807, 2.05) is 0 Å². The molecule has 0 aliphatic carbocycles. The van der Waals surface area contributed by atoms with Gasteiger partial charge in [0.1, 0.15) is 6.61 Å². The SMILES string of the molecule is COc1cn(-c2cccc(C(F)(F)F)c2)nc1C(=O)OCc1ccc(Cl)cc1. The first-order chi connectivity index (χ1) is 13.3. The highest BCUT2D eigenvalue weighted by atomic mass is 35.5. The molecule has 0 bridgehead atoms. The summed E-state index contributed by atoms with van der Waals surface area (Å²) in [6, 6.07) is 11.3. The molecule has 0 aliphatic rings. The lowest BCUT2D eigenvalue weighted by Crippen LogP contribution is -2.09. The highest BCUT2D eigenvalue weighted by Gasteiger charge is 2.31.